The van der Waals surface area contributed by atoms with Gasteiger partial charge in [-0.2, -0.15) is 0 Å². The number of nitrogens with zero attached hydrogens (tertiary/aromatic N) is 3. The normalized spacial score (nSPS) is 19.1. The van der Waals surface area contributed by atoms with Gasteiger partial charge >= 0.3 is 0 Å². The summed E-state index contributed by atoms with van der Waals surface area (Å²) in [5.74, 6) is 2.68. The molecule has 1 aromatic heterocycles. The van der Waals surface area contributed by atoms with Gasteiger partial charge in [0.15, 0.2) is 5.82 Å². The van der Waals surface area contributed by atoms with E-state index in [1.165, 1.54) is 25.7 Å². The van der Waals surface area contributed by atoms with Crippen LogP contribution >= 0.6 is 0 Å². The van der Waals surface area contributed by atoms with Gasteiger partial charge in [-0.1, -0.05) is 6.92 Å². The van der Waals surface area contributed by atoms with Crippen LogP contribution in [0.2, 0.25) is 0 Å². The highest BCUT2D eigenvalue weighted by Gasteiger charge is 2.23. The fraction of sp³-hybridized carbons (Fsp3) is 0.733. The fourth-order valence-electron chi connectivity index (χ4n) is 2.82. The molecule has 2 heterocycles. The van der Waals surface area contributed by atoms with Gasteiger partial charge < -0.3 is 15.0 Å². The lowest BCUT2D eigenvalue weighted by Crippen LogP contribution is -2.39. The molecule has 1 saturated heterocycles. The molecule has 0 aliphatic carbocycles. The molecule has 20 heavy (non-hydrogen) atoms. The minimum atomic E-state index is 0.455. The van der Waals surface area contributed by atoms with Gasteiger partial charge in [0, 0.05) is 32.3 Å². The Morgan fingerprint density at radius 3 is 2.90 bits per heavy atom. The number of nitrogens with one attached hydrogen (secondary N) is 1. The monoisotopic (exact) mass is 278 g/mol. The van der Waals surface area contributed by atoms with Gasteiger partial charge in [0.2, 0.25) is 0 Å². The van der Waals surface area contributed by atoms with Crippen molar-refractivity contribution in [1.29, 1.82) is 0 Å². The number of hydrogen-bond donors (Lipinski definition) is 1. The summed E-state index contributed by atoms with van der Waals surface area (Å²) in [6.45, 7) is 6.74. The first-order valence-corrected chi connectivity index (χ1v) is 7.65. The number of hydrogen-bond acceptors (Lipinski definition) is 5. The van der Waals surface area contributed by atoms with Crippen LogP contribution in [0.3, 0.4) is 0 Å². The van der Waals surface area contributed by atoms with Crippen LogP contribution in [0, 0.1) is 0 Å². The zero-order chi connectivity index (χ0) is 14.4. The maximum Gasteiger partial charge on any atom is 0.158 e. The zero-order valence-electron chi connectivity index (χ0n) is 12.9. The Kier molecular flexibility index (Phi) is 5.59. The molecule has 0 bridgehead atoms. The van der Waals surface area contributed by atoms with E-state index in [1.54, 1.807) is 7.11 Å². The third-order valence-electron chi connectivity index (χ3n) is 3.78. The molecule has 0 amide bonds. The van der Waals surface area contributed by atoms with E-state index in [1.807, 2.05) is 0 Å². The Labute approximate surface area is 121 Å². The summed E-state index contributed by atoms with van der Waals surface area (Å²) in [7, 11) is 1.68. The van der Waals surface area contributed by atoms with Crippen molar-refractivity contribution in [3.63, 3.8) is 0 Å². The maximum atomic E-state index is 5.19. The molecule has 1 aromatic rings. The van der Waals surface area contributed by atoms with Gasteiger partial charge in [-0.15, -0.1) is 0 Å². The van der Waals surface area contributed by atoms with Crippen LogP contribution in [0.1, 0.15) is 45.4 Å². The van der Waals surface area contributed by atoms with Crippen molar-refractivity contribution in [3.05, 3.63) is 11.9 Å². The second-order valence-electron chi connectivity index (χ2n) is 5.24. The molecule has 0 spiro atoms. The van der Waals surface area contributed by atoms with Crippen LogP contribution in [-0.2, 0) is 11.3 Å². The summed E-state index contributed by atoms with van der Waals surface area (Å²) < 4.78 is 5.19. The standard InChI is InChI=1S/C15H26N4O/c1-4-12-8-6-7-9-19(12)15-10-13(16-5-2)17-14(18-15)11-20-3/h10,12H,4-9,11H2,1-3H3,(H,16,17,18). The Balaban J connectivity index is 2.27. The first-order valence-electron chi connectivity index (χ1n) is 7.65. The topological polar surface area (TPSA) is 50.3 Å². The van der Waals surface area contributed by atoms with E-state index in [9.17, 15) is 0 Å². The quantitative estimate of drug-likeness (QED) is 0.867. The van der Waals surface area contributed by atoms with Crippen LogP contribution in [0.4, 0.5) is 11.6 Å². The average molecular weight is 278 g/mol. The van der Waals surface area contributed by atoms with Crippen molar-refractivity contribution < 1.29 is 4.74 Å². The molecule has 1 unspecified atom stereocenters. The molecule has 0 aromatic carbocycles. The van der Waals surface area contributed by atoms with Gasteiger partial charge in [0.1, 0.15) is 18.2 Å². The predicted octanol–water partition coefficient (Wildman–Crippen LogP) is 2.82. The van der Waals surface area contributed by atoms with E-state index in [-0.39, 0.29) is 0 Å². The molecule has 112 valence electrons. The number of ether oxygens (including phenoxy) is 1. The third-order valence-corrected chi connectivity index (χ3v) is 3.78. The summed E-state index contributed by atoms with van der Waals surface area (Å²) in [5.41, 5.74) is 0. The molecular weight excluding hydrogens is 252 g/mol. The number of piperidine rings is 1. The highest BCUT2D eigenvalue weighted by atomic mass is 16.5. The summed E-state index contributed by atoms with van der Waals surface area (Å²) >= 11 is 0. The largest absolute Gasteiger partial charge is 0.377 e. The molecule has 1 atom stereocenters. The van der Waals surface area contributed by atoms with E-state index < -0.39 is 0 Å². The molecule has 0 saturated carbocycles. The van der Waals surface area contributed by atoms with Crippen molar-refractivity contribution in [2.24, 2.45) is 0 Å². The fourth-order valence-corrected chi connectivity index (χ4v) is 2.82. The van der Waals surface area contributed by atoms with Gasteiger partial charge in [-0.05, 0) is 32.6 Å². The van der Waals surface area contributed by atoms with Crippen LogP contribution in [0.5, 0.6) is 0 Å². The van der Waals surface area contributed by atoms with Gasteiger partial charge in [0.25, 0.3) is 0 Å². The van der Waals surface area contributed by atoms with E-state index in [0.717, 1.165) is 30.5 Å². The van der Waals surface area contributed by atoms with Crippen molar-refractivity contribution >= 4 is 11.6 Å². The Morgan fingerprint density at radius 2 is 2.20 bits per heavy atom. The van der Waals surface area contributed by atoms with Crippen LogP contribution in [0.15, 0.2) is 6.07 Å². The van der Waals surface area contributed by atoms with Gasteiger partial charge in [-0.25, -0.2) is 9.97 Å². The molecule has 0 radical (unpaired) electrons. The summed E-state index contributed by atoms with van der Waals surface area (Å²) in [6, 6.07) is 2.67. The highest BCUT2D eigenvalue weighted by Crippen LogP contribution is 2.26. The lowest BCUT2D eigenvalue weighted by atomic mass is 10.00. The molecule has 1 fully saturated rings. The maximum absolute atomic E-state index is 5.19. The summed E-state index contributed by atoms with van der Waals surface area (Å²) in [5, 5.41) is 3.29. The number of anilines is 2. The Bertz CT molecular complexity index is 400. The first-order chi connectivity index (χ1) is 9.78. The molecule has 1 N–H and O–H groups in total. The highest BCUT2D eigenvalue weighted by molar-refractivity contribution is 5.50. The Morgan fingerprint density at radius 1 is 1.35 bits per heavy atom. The smallest absolute Gasteiger partial charge is 0.158 e. The van der Waals surface area contributed by atoms with Crippen LogP contribution in [-0.4, -0.2) is 36.2 Å². The van der Waals surface area contributed by atoms with Crippen molar-refractivity contribution in [3.8, 4) is 0 Å². The van der Waals surface area contributed by atoms with Crippen molar-refractivity contribution in [2.45, 2.75) is 52.2 Å². The molecule has 5 nitrogen and oxygen atoms in total. The summed E-state index contributed by atoms with van der Waals surface area (Å²) in [4.78, 5) is 11.6. The molecule has 1 aliphatic heterocycles. The number of aromatic nitrogens is 2. The summed E-state index contributed by atoms with van der Waals surface area (Å²) in [6.07, 6.45) is 5.00. The first kappa shape index (κ1) is 15.0. The zero-order valence-corrected chi connectivity index (χ0v) is 12.9. The third kappa shape index (κ3) is 3.60. The predicted molar refractivity (Wildman–Crippen MR) is 82.2 cm³/mol. The van der Waals surface area contributed by atoms with E-state index in [0.29, 0.717) is 12.6 Å². The second kappa shape index (κ2) is 7.43. The van der Waals surface area contributed by atoms with E-state index in [2.05, 4.69) is 40.1 Å². The van der Waals surface area contributed by atoms with Crippen molar-refractivity contribution in [1.82, 2.24) is 9.97 Å². The lowest BCUT2D eigenvalue weighted by molar-refractivity contribution is 0.178. The van der Waals surface area contributed by atoms with Gasteiger partial charge in [0.05, 0.1) is 0 Å². The lowest BCUT2D eigenvalue weighted by Gasteiger charge is -2.36. The second-order valence-corrected chi connectivity index (χ2v) is 5.24. The minimum Gasteiger partial charge on any atom is -0.377 e. The Hall–Kier alpha value is -1.36. The SMILES string of the molecule is CCNc1cc(N2CCCCC2CC)nc(COC)n1. The molecule has 1 aliphatic rings. The molecular formula is C15H26N4O. The average Bonchev–Trinajstić information content (AvgIpc) is 2.47. The van der Waals surface area contributed by atoms with E-state index in [4.69, 9.17) is 4.74 Å². The van der Waals surface area contributed by atoms with Gasteiger partial charge in [-0.3, -0.25) is 0 Å². The van der Waals surface area contributed by atoms with E-state index >= 15 is 0 Å². The van der Waals surface area contributed by atoms with Crippen LogP contribution in [0.25, 0.3) is 0 Å². The minimum absolute atomic E-state index is 0.455. The number of rotatable bonds is 6. The molecule has 5 heteroatoms. The number of methoxy groups -OCH3 is 1. The van der Waals surface area contributed by atoms with Crippen molar-refractivity contribution in [2.75, 3.05) is 30.4 Å². The van der Waals surface area contributed by atoms with Crippen LogP contribution < -0.4 is 10.2 Å². The molecule has 2 rings (SSSR count).